The summed E-state index contributed by atoms with van der Waals surface area (Å²) < 4.78 is 38.9. The first-order valence-corrected chi connectivity index (χ1v) is 11.2. The van der Waals surface area contributed by atoms with E-state index >= 15 is 0 Å². The molecular weight excluding hydrogens is 404 g/mol. The Morgan fingerprint density at radius 1 is 1.19 bits per heavy atom. The van der Waals surface area contributed by atoms with E-state index in [9.17, 15) is 13.6 Å². The Morgan fingerprint density at radius 2 is 1.90 bits per heavy atom. The number of nitrogens with two attached hydrogens (primary N) is 1. The van der Waals surface area contributed by atoms with Gasteiger partial charge in [0.1, 0.15) is 11.9 Å². The quantitative estimate of drug-likeness (QED) is 0.784. The molecule has 1 unspecified atom stereocenters. The van der Waals surface area contributed by atoms with E-state index in [-0.39, 0.29) is 35.3 Å². The van der Waals surface area contributed by atoms with Crippen LogP contribution in [0.2, 0.25) is 0 Å². The van der Waals surface area contributed by atoms with E-state index in [2.05, 4.69) is 4.90 Å². The lowest BCUT2D eigenvalue weighted by molar-refractivity contribution is -0.137. The molecule has 1 aromatic rings. The molecule has 3 saturated heterocycles. The fraction of sp³-hybridized carbons (Fsp3) is 0.696. The summed E-state index contributed by atoms with van der Waals surface area (Å²) >= 11 is 0. The van der Waals surface area contributed by atoms with Crippen molar-refractivity contribution in [3.63, 3.8) is 0 Å². The molecule has 3 aliphatic heterocycles. The molecule has 0 spiro atoms. The zero-order valence-corrected chi connectivity index (χ0v) is 18.5. The molecule has 0 saturated carbocycles. The Labute approximate surface area is 182 Å². The predicted octanol–water partition coefficient (Wildman–Crippen LogP) is 2.55. The molecular formula is C23H33F2N3O3. The second-order valence-electron chi connectivity index (χ2n) is 9.99. The number of carbonyl (C=O) groups is 1. The molecule has 3 aliphatic rings. The zero-order chi connectivity index (χ0) is 22.3. The van der Waals surface area contributed by atoms with Gasteiger partial charge in [-0.05, 0) is 36.8 Å². The number of hydrogen-bond acceptors (Lipinski definition) is 5. The summed E-state index contributed by atoms with van der Waals surface area (Å²) in [4.78, 5) is 17.6. The van der Waals surface area contributed by atoms with E-state index in [1.54, 1.807) is 0 Å². The first-order valence-electron chi connectivity index (χ1n) is 11.2. The highest BCUT2D eigenvalue weighted by Gasteiger charge is 2.54. The van der Waals surface area contributed by atoms with E-state index in [4.69, 9.17) is 15.2 Å². The minimum absolute atomic E-state index is 0.0762. The zero-order valence-electron chi connectivity index (χ0n) is 18.5. The van der Waals surface area contributed by atoms with Crippen LogP contribution >= 0.6 is 0 Å². The summed E-state index contributed by atoms with van der Waals surface area (Å²) in [7, 11) is 0. The molecule has 4 atom stereocenters. The molecule has 6 nitrogen and oxygen atoms in total. The third-order valence-electron chi connectivity index (χ3n) is 6.94. The third kappa shape index (κ3) is 4.43. The molecule has 31 heavy (non-hydrogen) atoms. The minimum atomic E-state index is -0.942. The fourth-order valence-electron chi connectivity index (χ4n) is 5.14. The topological polar surface area (TPSA) is 68.0 Å². The number of hydrogen-bond donors (Lipinski definition) is 1. The van der Waals surface area contributed by atoms with Crippen molar-refractivity contribution in [1.82, 2.24) is 9.80 Å². The molecule has 4 rings (SSSR count). The number of amides is 1. The molecule has 0 aromatic heterocycles. The van der Waals surface area contributed by atoms with Gasteiger partial charge in [-0.15, -0.1) is 0 Å². The largest absolute Gasteiger partial charge is 0.487 e. The number of halogens is 2. The van der Waals surface area contributed by atoms with Crippen molar-refractivity contribution in [2.75, 3.05) is 26.3 Å². The summed E-state index contributed by atoms with van der Waals surface area (Å²) in [5, 5.41) is 0. The van der Waals surface area contributed by atoms with Crippen LogP contribution in [0.4, 0.5) is 8.78 Å². The van der Waals surface area contributed by atoms with Crippen molar-refractivity contribution in [3.8, 4) is 5.75 Å². The second kappa shape index (κ2) is 8.64. The lowest BCUT2D eigenvalue weighted by Gasteiger charge is -2.35. The first-order chi connectivity index (χ1) is 14.7. The van der Waals surface area contributed by atoms with Gasteiger partial charge >= 0.3 is 0 Å². The van der Waals surface area contributed by atoms with Crippen LogP contribution in [0.5, 0.6) is 5.75 Å². The van der Waals surface area contributed by atoms with Crippen LogP contribution in [0.3, 0.4) is 0 Å². The fourth-order valence-corrected chi connectivity index (χ4v) is 5.14. The van der Waals surface area contributed by atoms with Gasteiger partial charge in [0.05, 0.1) is 12.1 Å². The number of ether oxygens (including phenoxy) is 2. The Bertz CT molecular complexity index is 810. The van der Waals surface area contributed by atoms with Crippen molar-refractivity contribution in [2.24, 2.45) is 11.1 Å². The molecule has 0 aliphatic carbocycles. The van der Waals surface area contributed by atoms with Gasteiger partial charge in [0.25, 0.3) is 0 Å². The van der Waals surface area contributed by atoms with Gasteiger partial charge in [0, 0.05) is 44.5 Å². The van der Waals surface area contributed by atoms with Crippen LogP contribution in [-0.2, 0) is 9.53 Å². The van der Waals surface area contributed by atoms with E-state index in [0.29, 0.717) is 19.1 Å². The molecule has 172 valence electrons. The van der Waals surface area contributed by atoms with Gasteiger partial charge in [-0.3, -0.25) is 9.69 Å². The minimum Gasteiger partial charge on any atom is -0.487 e. The Morgan fingerprint density at radius 3 is 2.55 bits per heavy atom. The highest BCUT2D eigenvalue weighted by molar-refractivity contribution is 5.83. The predicted molar refractivity (Wildman–Crippen MR) is 113 cm³/mol. The normalized spacial score (nSPS) is 28.6. The first kappa shape index (κ1) is 22.4. The Hall–Kier alpha value is -1.77. The molecule has 0 bridgehead atoms. The molecule has 1 aromatic carbocycles. The summed E-state index contributed by atoms with van der Waals surface area (Å²) in [6.45, 7) is 8.59. The number of benzene rings is 1. The number of nitrogens with zero attached hydrogens (tertiary/aromatic N) is 2. The van der Waals surface area contributed by atoms with Crippen LogP contribution in [0.15, 0.2) is 18.2 Å². The third-order valence-corrected chi connectivity index (χ3v) is 6.94. The maximum absolute atomic E-state index is 13.8. The van der Waals surface area contributed by atoms with Gasteiger partial charge in [0.15, 0.2) is 11.6 Å². The van der Waals surface area contributed by atoms with Crippen molar-refractivity contribution >= 4 is 5.91 Å². The van der Waals surface area contributed by atoms with Crippen molar-refractivity contribution in [1.29, 1.82) is 0 Å². The van der Waals surface area contributed by atoms with Gasteiger partial charge < -0.3 is 20.1 Å². The average molecular weight is 438 g/mol. The summed E-state index contributed by atoms with van der Waals surface area (Å²) in [6.07, 6.45) is 2.39. The van der Waals surface area contributed by atoms with Gasteiger partial charge in [-0.25, -0.2) is 8.78 Å². The maximum atomic E-state index is 13.8. The lowest BCUT2D eigenvalue weighted by atomic mass is 9.86. The van der Waals surface area contributed by atoms with Gasteiger partial charge in [-0.1, -0.05) is 20.8 Å². The van der Waals surface area contributed by atoms with E-state index in [1.165, 1.54) is 6.07 Å². The van der Waals surface area contributed by atoms with Crippen LogP contribution in [0.25, 0.3) is 0 Å². The monoisotopic (exact) mass is 437 g/mol. The summed E-state index contributed by atoms with van der Waals surface area (Å²) in [5.41, 5.74) is 5.96. The highest BCUT2D eigenvalue weighted by Crippen LogP contribution is 2.38. The maximum Gasteiger partial charge on any atom is 0.240 e. The molecule has 1 amide bonds. The summed E-state index contributed by atoms with van der Waals surface area (Å²) in [5.74, 6) is -1.65. The van der Waals surface area contributed by atoms with Crippen molar-refractivity contribution < 1.29 is 23.0 Å². The number of carbonyl (C=O) groups excluding carboxylic acids is 1. The SMILES string of the molecule is CC(C)(C)C(N)C(=O)N1CC[C@@H]2[C@H]1[C@@H](Oc1ccc(F)c(F)c1)CN2C1CCOCC1. The molecule has 3 fully saturated rings. The van der Waals surface area contributed by atoms with Crippen LogP contribution in [0.1, 0.15) is 40.0 Å². The van der Waals surface area contributed by atoms with Crippen LogP contribution < -0.4 is 10.5 Å². The Balaban J connectivity index is 1.60. The number of likely N-dealkylation sites (tertiary alicyclic amines) is 2. The van der Waals surface area contributed by atoms with Crippen molar-refractivity contribution in [2.45, 2.75) is 70.3 Å². The summed E-state index contributed by atoms with van der Waals surface area (Å²) in [6, 6.07) is 3.32. The van der Waals surface area contributed by atoms with Gasteiger partial charge in [0.2, 0.25) is 5.91 Å². The number of fused-ring (bicyclic) bond motifs is 1. The van der Waals surface area contributed by atoms with Crippen molar-refractivity contribution in [3.05, 3.63) is 29.8 Å². The molecule has 3 heterocycles. The second-order valence-corrected chi connectivity index (χ2v) is 9.99. The van der Waals surface area contributed by atoms with Crippen LogP contribution in [-0.4, -0.2) is 72.3 Å². The van der Waals surface area contributed by atoms with E-state index in [0.717, 1.165) is 44.6 Å². The average Bonchev–Trinajstić information content (AvgIpc) is 3.31. The molecule has 8 heteroatoms. The Kier molecular flexibility index (Phi) is 6.25. The van der Waals surface area contributed by atoms with E-state index in [1.807, 2.05) is 25.7 Å². The van der Waals surface area contributed by atoms with Gasteiger partial charge in [-0.2, -0.15) is 0 Å². The standard InChI is InChI=1S/C23H33F2N3O3/c1-23(2,3)21(26)22(29)27-9-6-18-20(27)19(13-28(18)14-7-10-30-11-8-14)31-15-4-5-16(24)17(25)12-15/h4-5,12,14,18-21H,6-11,13,26H2,1-3H3/t18-,19+,20+,21?/m1/s1. The smallest absolute Gasteiger partial charge is 0.240 e. The molecule has 2 N–H and O–H groups in total. The number of rotatable bonds is 4. The highest BCUT2D eigenvalue weighted by atomic mass is 19.2. The molecule has 0 radical (unpaired) electrons. The van der Waals surface area contributed by atoms with E-state index < -0.39 is 17.7 Å². The lowest BCUT2D eigenvalue weighted by Crippen LogP contribution is -2.55. The van der Waals surface area contributed by atoms with Crippen LogP contribution in [0, 0.1) is 17.0 Å².